The zero-order valence-corrected chi connectivity index (χ0v) is 13.8. The molecule has 0 aliphatic rings. The largest absolute Gasteiger partial charge is 0.469 e. The summed E-state index contributed by atoms with van der Waals surface area (Å²) in [6, 6.07) is 5.50. The smallest absolute Gasteiger partial charge is 0.305 e. The molecule has 0 amide bonds. The second-order valence-electron chi connectivity index (χ2n) is 3.97. The van der Waals surface area contributed by atoms with Crippen LogP contribution in [0.25, 0.3) is 0 Å². The number of benzene rings is 1. The van der Waals surface area contributed by atoms with Gasteiger partial charge in [0.2, 0.25) is 0 Å². The lowest BCUT2D eigenvalue weighted by Crippen LogP contribution is -2.02. The summed E-state index contributed by atoms with van der Waals surface area (Å²) in [6.07, 6.45) is 0.914. The first kappa shape index (κ1) is 15.3. The molecule has 2 rings (SSSR count). The van der Waals surface area contributed by atoms with E-state index >= 15 is 0 Å². The van der Waals surface area contributed by atoms with Gasteiger partial charge in [-0.15, -0.1) is 11.3 Å². The van der Waals surface area contributed by atoms with Gasteiger partial charge in [-0.1, -0.05) is 11.6 Å². The quantitative estimate of drug-likeness (QED) is 0.787. The molecule has 0 aliphatic carbocycles. The van der Waals surface area contributed by atoms with Crippen molar-refractivity contribution in [3.05, 3.63) is 38.8 Å². The highest BCUT2D eigenvalue weighted by Gasteiger charge is 2.07. The fraction of sp³-hybridized carbons (Fsp3) is 0.231. The van der Waals surface area contributed by atoms with Crippen molar-refractivity contribution < 1.29 is 9.53 Å². The minimum atomic E-state index is -0.229. The van der Waals surface area contributed by atoms with Crippen LogP contribution in [0.4, 0.5) is 10.8 Å². The summed E-state index contributed by atoms with van der Waals surface area (Å²) in [5.41, 5.74) is 1.76. The van der Waals surface area contributed by atoms with Crippen LogP contribution in [0, 0.1) is 0 Å². The number of thiazole rings is 1. The van der Waals surface area contributed by atoms with Crippen LogP contribution >= 0.6 is 38.9 Å². The van der Waals surface area contributed by atoms with Gasteiger partial charge in [0.25, 0.3) is 0 Å². The lowest BCUT2D eigenvalue weighted by Gasteiger charge is -2.05. The number of carbonyl (C=O) groups excluding carboxylic acids is 1. The fourth-order valence-electron chi connectivity index (χ4n) is 1.52. The lowest BCUT2D eigenvalue weighted by atomic mass is 10.2. The van der Waals surface area contributed by atoms with Crippen molar-refractivity contribution >= 4 is 55.7 Å². The average molecular weight is 376 g/mol. The van der Waals surface area contributed by atoms with E-state index in [1.807, 2.05) is 17.5 Å². The molecule has 0 radical (unpaired) electrons. The summed E-state index contributed by atoms with van der Waals surface area (Å²) in [5, 5.41) is 6.57. The van der Waals surface area contributed by atoms with Crippen LogP contribution in [0.1, 0.15) is 12.1 Å². The number of esters is 1. The van der Waals surface area contributed by atoms with Gasteiger partial charge >= 0.3 is 5.97 Å². The molecule has 0 aliphatic heterocycles. The number of methoxy groups -OCH3 is 1. The summed E-state index contributed by atoms with van der Waals surface area (Å²) in [6.45, 7) is 0. The number of rotatable bonds is 5. The Morgan fingerprint density at radius 2 is 2.35 bits per heavy atom. The van der Waals surface area contributed by atoms with Gasteiger partial charge in [-0.25, -0.2) is 4.98 Å². The lowest BCUT2D eigenvalue weighted by molar-refractivity contribution is -0.140. The van der Waals surface area contributed by atoms with Crippen molar-refractivity contribution in [2.75, 3.05) is 12.4 Å². The molecule has 0 atom stereocenters. The van der Waals surface area contributed by atoms with E-state index in [1.54, 1.807) is 6.07 Å². The maximum Gasteiger partial charge on any atom is 0.305 e. The van der Waals surface area contributed by atoms with Gasteiger partial charge < -0.3 is 10.1 Å². The Bertz CT molecular complexity index is 618. The molecule has 4 nitrogen and oxygen atoms in total. The summed E-state index contributed by atoms with van der Waals surface area (Å²) in [5.74, 6) is -0.229. The number of carbonyl (C=O) groups is 1. The monoisotopic (exact) mass is 374 g/mol. The minimum Gasteiger partial charge on any atom is -0.469 e. The number of nitrogens with one attached hydrogen (secondary N) is 1. The third-order valence-electron chi connectivity index (χ3n) is 2.54. The van der Waals surface area contributed by atoms with Gasteiger partial charge in [0.05, 0.1) is 24.9 Å². The maximum atomic E-state index is 11.1. The Morgan fingerprint density at radius 1 is 1.55 bits per heavy atom. The van der Waals surface area contributed by atoms with E-state index in [4.69, 9.17) is 11.6 Å². The number of nitrogens with zero attached hydrogens (tertiary/aromatic N) is 1. The zero-order chi connectivity index (χ0) is 14.5. The Morgan fingerprint density at radius 3 is 3.05 bits per heavy atom. The van der Waals surface area contributed by atoms with Crippen molar-refractivity contribution in [3.8, 4) is 0 Å². The van der Waals surface area contributed by atoms with Gasteiger partial charge in [0, 0.05) is 21.3 Å². The van der Waals surface area contributed by atoms with Crippen molar-refractivity contribution in [2.24, 2.45) is 0 Å². The van der Waals surface area contributed by atoms with Crippen LogP contribution in [0.15, 0.2) is 28.1 Å². The molecule has 0 unspecified atom stereocenters. The number of hydrogen-bond acceptors (Lipinski definition) is 5. The molecule has 106 valence electrons. The van der Waals surface area contributed by atoms with Crippen molar-refractivity contribution in [3.63, 3.8) is 0 Å². The van der Waals surface area contributed by atoms with Crippen molar-refractivity contribution in [1.82, 2.24) is 4.98 Å². The molecule has 1 heterocycles. The highest BCUT2D eigenvalue weighted by atomic mass is 79.9. The molecule has 0 bridgehead atoms. The predicted octanol–water partition coefficient (Wildman–Crippen LogP) is 4.41. The fourth-order valence-corrected chi connectivity index (χ4v) is 3.06. The molecule has 1 N–H and O–H groups in total. The number of anilines is 2. The molecule has 20 heavy (non-hydrogen) atoms. The van der Waals surface area contributed by atoms with E-state index in [-0.39, 0.29) is 5.97 Å². The highest BCUT2D eigenvalue weighted by molar-refractivity contribution is 9.10. The molecular weight excluding hydrogens is 364 g/mol. The van der Waals surface area contributed by atoms with E-state index in [0.29, 0.717) is 17.9 Å². The Kier molecular flexibility index (Phi) is 5.39. The average Bonchev–Trinajstić information content (AvgIpc) is 2.87. The third-order valence-corrected chi connectivity index (χ3v) is 4.24. The standard InChI is InChI=1S/C13H12BrClN2O2S/c1-19-12(18)5-3-9-7-20-13(16-9)17-11-4-2-8(15)6-10(11)14/h2,4,6-7H,3,5H2,1H3,(H,16,17). The molecule has 1 aromatic heterocycles. The van der Waals surface area contributed by atoms with Gasteiger partial charge in [-0.2, -0.15) is 0 Å². The number of aromatic nitrogens is 1. The Labute approximate surface area is 134 Å². The molecule has 1 aromatic carbocycles. The van der Waals surface area contributed by atoms with Crippen LogP contribution in [-0.2, 0) is 16.0 Å². The zero-order valence-electron chi connectivity index (χ0n) is 10.7. The van der Waals surface area contributed by atoms with Gasteiger partial charge in [-0.3, -0.25) is 4.79 Å². The van der Waals surface area contributed by atoms with Crippen LogP contribution < -0.4 is 5.32 Å². The van der Waals surface area contributed by atoms with Crippen LogP contribution in [0.3, 0.4) is 0 Å². The summed E-state index contributed by atoms with van der Waals surface area (Å²) in [7, 11) is 1.38. The SMILES string of the molecule is COC(=O)CCc1csc(Nc2ccc(Cl)cc2Br)n1. The molecule has 0 saturated carbocycles. The number of aryl methyl sites for hydroxylation is 1. The minimum absolute atomic E-state index is 0.229. The van der Waals surface area contributed by atoms with Crippen LogP contribution in [0.2, 0.25) is 5.02 Å². The summed E-state index contributed by atoms with van der Waals surface area (Å²) in [4.78, 5) is 15.5. The first-order valence-corrected chi connectivity index (χ1v) is 7.87. The van der Waals surface area contributed by atoms with E-state index in [1.165, 1.54) is 18.4 Å². The molecule has 0 saturated heterocycles. The summed E-state index contributed by atoms with van der Waals surface area (Å²) >= 11 is 10.8. The maximum absolute atomic E-state index is 11.1. The van der Waals surface area contributed by atoms with E-state index in [0.717, 1.165) is 21.0 Å². The molecule has 7 heteroatoms. The second-order valence-corrected chi connectivity index (χ2v) is 6.12. The first-order chi connectivity index (χ1) is 9.58. The first-order valence-electron chi connectivity index (χ1n) is 5.82. The highest BCUT2D eigenvalue weighted by Crippen LogP contribution is 2.29. The second kappa shape index (κ2) is 7.06. The van der Waals surface area contributed by atoms with Crippen molar-refractivity contribution in [1.29, 1.82) is 0 Å². The molecular formula is C13H12BrClN2O2S. The topological polar surface area (TPSA) is 51.2 Å². The molecule has 0 fully saturated rings. The van der Waals surface area contributed by atoms with E-state index < -0.39 is 0 Å². The van der Waals surface area contributed by atoms with Crippen molar-refractivity contribution in [2.45, 2.75) is 12.8 Å². The van der Waals surface area contributed by atoms with Crippen LogP contribution in [0.5, 0.6) is 0 Å². The number of ether oxygens (including phenoxy) is 1. The predicted molar refractivity (Wildman–Crippen MR) is 84.9 cm³/mol. The molecule has 2 aromatic rings. The Balaban J connectivity index is 2.00. The Hall–Kier alpha value is -1.11. The summed E-state index contributed by atoms with van der Waals surface area (Å²) < 4.78 is 5.48. The van der Waals surface area contributed by atoms with E-state index in [2.05, 4.69) is 31.0 Å². The van der Waals surface area contributed by atoms with Gasteiger partial charge in [0.1, 0.15) is 0 Å². The number of halogens is 2. The third kappa shape index (κ3) is 4.19. The van der Waals surface area contributed by atoms with Crippen LogP contribution in [-0.4, -0.2) is 18.1 Å². The number of hydrogen-bond donors (Lipinski definition) is 1. The van der Waals surface area contributed by atoms with Gasteiger partial charge in [-0.05, 0) is 34.1 Å². The normalized spacial score (nSPS) is 10.3. The molecule has 0 spiro atoms. The van der Waals surface area contributed by atoms with E-state index in [9.17, 15) is 4.79 Å². The van der Waals surface area contributed by atoms with Gasteiger partial charge in [0.15, 0.2) is 5.13 Å².